The average Bonchev–Trinajstić information content (AvgIpc) is 3.85. The molecular weight excluding hydrogens is 514 g/mol. The van der Waals surface area contributed by atoms with Crippen LogP contribution in [-0.4, -0.2) is 28.5 Å². The molecule has 0 saturated heterocycles. The average molecular weight is 540 g/mol. The minimum absolute atomic E-state index is 0.284. The minimum atomic E-state index is -0.322. The molecule has 0 atom stereocenters. The van der Waals surface area contributed by atoms with Crippen molar-refractivity contribution in [2.24, 2.45) is 18.9 Å². The first-order valence-corrected chi connectivity index (χ1v) is 13.6. The van der Waals surface area contributed by atoms with E-state index in [0.717, 1.165) is 42.1 Å². The van der Waals surface area contributed by atoms with Gasteiger partial charge in [0.2, 0.25) is 0 Å². The summed E-state index contributed by atoms with van der Waals surface area (Å²) in [5.74, 6) is 0.770. The minimum Gasteiger partial charge on any atom is -0.348 e. The molecule has 39 heavy (non-hydrogen) atoms. The summed E-state index contributed by atoms with van der Waals surface area (Å²) >= 11 is 6.34. The second kappa shape index (κ2) is 8.95. The van der Waals surface area contributed by atoms with Crippen LogP contribution >= 0.6 is 11.6 Å². The van der Waals surface area contributed by atoms with Gasteiger partial charge in [-0.25, -0.2) is 4.79 Å². The van der Waals surface area contributed by atoms with Crippen molar-refractivity contribution in [3.63, 3.8) is 0 Å². The number of hydrogen-bond acceptors (Lipinski definition) is 5. The predicted molar refractivity (Wildman–Crippen MR) is 149 cm³/mol. The molecule has 10 heteroatoms. The van der Waals surface area contributed by atoms with Gasteiger partial charge < -0.3 is 4.57 Å². The highest BCUT2D eigenvalue weighted by atomic mass is 35.5. The van der Waals surface area contributed by atoms with Crippen molar-refractivity contribution in [2.45, 2.75) is 45.3 Å². The molecule has 5 aromatic rings. The number of benzene rings is 1. The first-order chi connectivity index (χ1) is 18.9. The van der Waals surface area contributed by atoms with E-state index in [-0.39, 0.29) is 11.2 Å². The molecular formula is C29H26ClN7O2. The second-order valence-electron chi connectivity index (χ2n) is 10.9. The van der Waals surface area contributed by atoms with E-state index in [1.807, 2.05) is 29.8 Å². The van der Waals surface area contributed by atoms with Crippen LogP contribution in [0.15, 0.2) is 52.3 Å². The van der Waals surface area contributed by atoms with Crippen molar-refractivity contribution in [3.8, 4) is 17.5 Å². The van der Waals surface area contributed by atoms with E-state index in [1.54, 1.807) is 33.8 Å². The largest absolute Gasteiger partial charge is 0.348 e. The molecule has 2 fully saturated rings. The van der Waals surface area contributed by atoms with Gasteiger partial charge in [0.25, 0.3) is 5.56 Å². The first kappa shape index (κ1) is 23.9. The second-order valence-corrected chi connectivity index (χ2v) is 11.3. The summed E-state index contributed by atoms with van der Waals surface area (Å²) in [6, 6.07) is 11.5. The lowest BCUT2D eigenvalue weighted by molar-refractivity contribution is 0.518. The molecule has 196 valence electrons. The quantitative estimate of drug-likeness (QED) is 0.306. The predicted octanol–water partition coefficient (Wildman–Crippen LogP) is 4.31. The molecule has 9 nitrogen and oxygen atoms in total. The molecule has 0 radical (unpaired) electrons. The Hall–Kier alpha value is -4.16. The van der Waals surface area contributed by atoms with Crippen LogP contribution in [0.5, 0.6) is 0 Å². The number of aromatic nitrogens is 6. The standard InChI is InChI=1S/C29H26ClN7O2/c1-34-13-19(12-31)10-24(34)26-25-27(33-37(26)16-20-8-9-32-23-7-6-21(30)11-22(20)23)35(14-17-2-3-17)29(39)36(28(25)38)15-18-4-5-18/h6-11,13,17-18H,2-5,14-16H2,1H3. The van der Waals surface area contributed by atoms with Gasteiger partial charge in [0.15, 0.2) is 5.65 Å². The van der Waals surface area contributed by atoms with Gasteiger partial charge in [0, 0.05) is 42.9 Å². The fourth-order valence-corrected chi connectivity index (χ4v) is 5.62. The number of nitrogens with zero attached hydrogens (tertiary/aromatic N) is 7. The summed E-state index contributed by atoms with van der Waals surface area (Å²) < 4.78 is 6.75. The van der Waals surface area contributed by atoms with Crippen molar-refractivity contribution in [3.05, 3.63) is 79.7 Å². The third-order valence-electron chi connectivity index (χ3n) is 7.88. The van der Waals surface area contributed by atoms with E-state index in [0.29, 0.717) is 64.5 Å². The Morgan fingerprint density at radius 2 is 1.79 bits per heavy atom. The summed E-state index contributed by atoms with van der Waals surface area (Å²) in [4.78, 5) is 32.2. The third kappa shape index (κ3) is 4.16. The third-order valence-corrected chi connectivity index (χ3v) is 8.11. The van der Waals surface area contributed by atoms with Gasteiger partial charge in [-0.3, -0.25) is 23.6 Å². The zero-order chi connectivity index (χ0) is 26.8. The number of aryl methyl sites for hydroxylation is 1. The molecule has 4 heterocycles. The monoisotopic (exact) mass is 539 g/mol. The molecule has 2 saturated carbocycles. The Balaban J connectivity index is 1.53. The van der Waals surface area contributed by atoms with Crippen LogP contribution in [0.1, 0.15) is 36.8 Å². The summed E-state index contributed by atoms with van der Waals surface area (Å²) in [5, 5.41) is 16.5. The van der Waals surface area contributed by atoms with Crippen LogP contribution in [0.2, 0.25) is 5.02 Å². The molecule has 2 aliphatic rings. The summed E-state index contributed by atoms with van der Waals surface area (Å²) in [6.07, 6.45) is 7.67. The fourth-order valence-electron chi connectivity index (χ4n) is 5.45. The van der Waals surface area contributed by atoms with Crippen molar-refractivity contribution in [1.82, 2.24) is 28.5 Å². The first-order valence-electron chi connectivity index (χ1n) is 13.3. The van der Waals surface area contributed by atoms with Crippen molar-refractivity contribution in [1.29, 1.82) is 5.26 Å². The maximum absolute atomic E-state index is 14.1. The lowest BCUT2D eigenvalue weighted by Crippen LogP contribution is -2.40. The SMILES string of the molecule is Cn1cc(C#N)cc1-c1c2c(=O)n(CC3CC3)c(=O)n(CC3CC3)c2nn1Cc1ccnc2ccc(Cl)cc12. The van der Waals surface area contributed by atoms with E-state index >= 15 is 0 Å². The highest BCUT2D eigenvalue weighted by Gasteiger charge is 2.31. The summed E-state index contributed by atoms with van der Waals surface area (Å²) in [6.45, 7) is 1.30. The highest BCUT2D eigenvalue weighted by Crippen LogP contribution is 2.34. The van der Waals surface area contributed by atoms with Gasteiger partial charge in [0.1, 0.15) is 17.1 Å². The Morgan fingerprint density at radius 1 is 1.05 bits per heavy atom. The van der Waals surface area contributed by atoms with Gasteiger partial charge >= 0.3 is 5.69 Å². The van der Waals surface area contributed by atoms with Crippen LogP contribution in [0.3, 0.4) is 0 Å². The van der Waals surface area contributed by atoms with Crippen molar-refractivity contribution >= 4 is 33.5 Å². The molecule has 1 aromatic carbocycles. The smallest absolute Gasteiger partial charge is 0.332 e. The van der Waals surface area contributed by atoms with Crippen molar-refractivity contribution < 1.29 is 0 Å². The number of rotatable bonds is 7. The molecule has 0 aliphatic heterocycles. The Labute approximate surface area is 228 Å². The zero-order valence-corrected chi connectivity index (χ0v) is 22.2. The van der Waals surface area contributed by atoms with E-state index in [9.17, 15) is 14.9 Å². The summed E-state index contributed by atoms with van der Waals surface area (Å²) in [7, 11) is 1.85. The molecule has 0 N–H and O–H groups in total. The lowest BCUT2D eigenvalue weighted by Gasteiger charge is -2.12. The van der Waals surface area contributed by atoms with E-state index in [1.165, 1.54) is 4.57 Å². The van der Waals surface area contributed by atoms with Gasteiger partial charge in [-0.2, -0.15) is 10.4 Å². The van der Waals surface area contributed by atoms with E-state index in [4.69, 9.17) is 16.7 Å². The van der Waals surface area contributed by atoms with Crippen molar-refractivity contribution in [2.75, 3.05) is 0 Å². The molecule has 0 bridgehead atoms. The molecule has 0 amide bonds. The van der Waals surface area contributed by atoms with Gasteiger partial charge in [-0.15, -0.1) is 0 Å². The number of pyridine rings is 1. The van der Waals surface area contributed by atoms with Crippen LogP contribution in [-0.2, 0) is 26.7 Å². The number of halogens is 1. The molecule has 0 spiro atoms. The Bertz CT molecular complexity index is 1950. The van der Waals surface area contributed by atoms with E-state index in [2.05, 4.69) is 11.1 Å². The van der Waals surface area contributed by atoms with E-state index < -0.39 is 0 Å². The maximum Gasteiger partial charge on any atom is 0.332 e. The van der Waals surface area contributed by atoms with Crippen LogP contribution in [0, 0.1) is 23.2 Å². The highest BCUT2D eigenvalue weighted by molar-refractivity contribution is 6.31. The van der Waals surface area contributed by atoms with Crippen LogP contribution < -0.4 is 11.2 Å². The summed E-state index contributed by atoms with van der Waals surface area (Å²) in [5.41, 5.74) is 3.30. The number of nitriles is 1. The van der Waals surface area contributed by atoms with Gasteiger partial charge in [0.05, 0.1) is 23.3 Å². The molecule has 2 aliphatic carbocycles. The molecule has 0 unspecified atom stereocenters. The normalized spacial score (nSPS) is 15.3. The topological polar surface area (TPSA) is 103 Å². The van der Waals surface area contributed by atoms with Gasteiger partial charge in [-0.1, -0.05) is 11.6 Å². The maximum atomic E-state index is 14.1. The van der Waals surface area contributed by atoms with Crippen LogP contribution in [0.25, 0.3) is 33.3 Å². The lowest BCUT2D eigenvalue weighted by atomic mass is 10.1. The Morgan fingerprint density at radius 3 is 2.49 bits per heavy atom. The molecule has 7 rings (SSSR count). The Kier molecular flexibility index (Phi) is 5.49. The fraction of sp³-hybridized carbons (Fsp3) is 0.345. The zero-order valence-electron chi connectivity index (χ0n) is 21.5. The number of hydrogen-bond donors (Lipinski definition) is 0. The molecule has 4 aromatic heterocycles. The van der Waals surface area contributed by atoms with Gasteiger partial charge in [-0.05, 0) is 73.4 Å². The number of fused-ring (bicyclic) bond motifs is 2. The van der Waals surface area contributed by atoms with Crippen LogP contribution in [0.4, 0.5) is 0 Å².